The second kappa shape index (κ2) is 11.4. The Kier molecular flexibility index (Phi) is 8.61. The standard InChI is InChI=1S/C25H33N3O6S/c1-5-6-12-26-25(30)19(3)27(15-20-9-7-8-18(2)13-20)24(29)16-28(35(4,31)32)21-10-11-22-23(14-21)34-17-33-22/h7-11,13-14,19H,5-6,12,15-17H2,1-4H3,(H,26,30)/t19-/m1/s1. The minimum Gasteiger partial charge on any atom is -0.454 e. The van der Waals surface area contributed by atoms with Gasteiger partial charge in [-0.2, -0.15) is 0 Å². The van der Waals surface area contributed by atoms with E-state index in [0.29, 0.717) is 18.0 Å². The fourth-order valence-electron chi connectivity index (χ4n) is 3.78. The van der Waals surface area contributed by atoms with Crippen LogP contribution in [0.25, 0.3) is 0 Å². The van der Waals surface area contributed by atoms with E-state index >= 15 is 0 Å². The Morgan fingerprint density at radius 2 is 1.86 bits per heavy atom. The maximum atomic E-state index is 13.6. The van der Waals surface area contributed by atoms with Crippen LogP contribution in [-0.4, -0.2) is 57.3 Å². The molecule has 190 valence electrons. The fraction of sp³-hybridized carbons (Fsp3) is 0.440. The number of benzene rings is 2. The summed E-state index contributed by atoms with van der Waals surface area (Å²) in [7, 11) is -3.82. The third-order valence-electron chi connectivity index (χ3n) is 5.76. The van der Waals surface area contributed by atoms with Crippen LogP contribution in [0.4, 0.5) is 5.69 Å². The quantitative estimate of drug-likeness (QED) is 0.473. The molecule has 0 aliphatic carbocycles. The van der Waals surface area contributed by atoms with Gasteiger partial charge in [-0.3, -0.25) is 13.9 Å². The van der Waals surface area contributed by atoms with Crippen molar-refractivity contribution in [1.29, 1.82) is 0 Å². The van der Waals surface area contributed by atoms with Gasteiger partial charge in [-0.05, 0) is 38.0 Å². The predicted octanol–water partition coefficient (Wildman–Crippen LogP) is 2.82. The van der Waals surface area contributed by atoms with Crippen molar-refractivity contribution in [3.8, 4) is 11.5 Å². The van der Waals surface area contributed by atoms with Gasteiger partial charge in [0.2, 0.25) is 28.6 Å². The zero-order valence-corrected chi connectivity index (χ0v) is 21.4. The van der Waals surface area contributed by atoms with Crippen LogP contribution in [0.1, 0.15) is 37.8 Å². The van der Waals surface area contributed by atoms with E-state index in [-0.39, 0.29) is 24.9 Å². The van der Waals surface area contributed by atoms with Crippen LogP contribution < -0.4 is 19.1 Å². The Labute approximate surface area is 207 Å². The monoisotopic (exact) mass is 503 g/mol. The van der Waals surface area contributed by atoms with E-state index in [0.717, 1.165) is 34.5 Å². The molecule has 0 bridgehead atoms. The molecule has 0 fully saturated rings. The molecular formula is C25H33N3O6S. The lowest BCUT2D eigenvalue weighted by Gasteiger charge is -2.31. The van der Waals surface area contributed by atoms with Crippen molar-refractivity contribution in [2.24, 2.45) is 0 Å². The third kappa shape index (κ3) is 6.88. The van der Waals surface area contributed by atoms with E-state index in [1.54, 1.807) is 19.1 Å². The van der Waals surface area contributed by atoms with Gasteiger partial charge in [0.15, 0.2) is 11.5 Å². The van der Waals surface area contributed by atoms with Crippen LogP contribution in [0, 0.1) is 6.92 Å². The number of rotatable bonds is 11. The van der Waals surface area contributed by atoms with Gasteiger partial charge in [-0.15, -0.1) is 0 Å². The number of nitrogens with one attached hydrogen (secondary N) is 1. The molecule has 1 N–H and O–H groups in total. The van der Waals surface area contributed by atoms with Crippen LogP contribution >= 0.6 is 0 Å². The smallest absolute Gasteiger partial charge is 0.244 e. The molecule has 1 atom stereocenters. The molecule has 1 aliphatic heterocycles. The number of hydrogen-bond donors (Lipinski definition) is 1. The lowest BCUT2D eigenvalue weighted by Crippen LogP contribution is -2.51. The maximum absolute atomic E-state index is 13.6. The Balaban J connectivity index is 1.88. The number of hydrogen-bond acceptors (Lipinski definition) is 6. The van der Waals surface area contributed by atoms with Crippen LogP contribution in [0.2, 0.25) is 0 Å². The van der Waals surface area contributed by atoms with E-state index in [4.69, 9.17) is 9.47 Å². The summed E-state index contributed by atoms with van der Waals surface area (Å²) in [5, 5.41) is 2.86. The topological polar surface area (TPSA) is 105 Å². The molecule has 35 heavy (non-hydrogen) atoms. The Bertz CT molecular complexity index is 1170. The molecule has 0 saturated carbocycles. The van der Waals surface area contributed by atoms with Gasteiger partial charge >= 0.3 is 0 Å². The molecule has 0 aromatic heterocycles. The molecule has 1 aliphatic rings. The van der Waals surface area contributed by atoms with Gasteiger partial charge in [0.1, 0.15) is 12.6 Å². The fourth-order valence-corrected chi connectivity index (χ4v) is 4.62. The summed E-state index contributed by atoms with van der Waals surface area (Å²) in [6.45, 7) is 5.89. The van der Waals surface area contributed by atoms with Gasteiger partial charge in [0.05, 0.1) is 11.9 Å². The molecule has 9 nitrogen and oxygen atoms in total. The normalized spacial score (nSPS) is 13.3. The van der Waals surface area contributed by atoms with Crippen molar-refractivity contribution in [1.82, 2.24) is 10.2 Å². The average molecular weight is 504 g/mol. The predicted molar refractivity (Wildman–Crippen MR) is 134 cm³/mol. The molecule has 0 spiro atoms. The average Bonchev–Trinajstić information content (AvgIpc) is 3.27. The largest absolute Gasteiger partial charge is 0.454 e. The first-order valence-electron chi connectivity index (χ1n) is 11.6. The van der Waals surface area contributed by atoms with Crippen molar-refractivity contribution >= 4 is 27.5 Å². The van der Waals surface area contributed by atoms with Crippen molar-refractivity contribution in [2.75, 3.05) is 30.4 Å². The SMILES string of the molecule is CCCCNC(=O)[C@@H](C)N(Cc1cccc(C)c1)C(=O)CN(c1ccc2c(c1)OCO2)S(C)(=O)=O. The number of aryl methyl sites for hydroxylation is 1. The van der Waals surface area contributed by atoms with E-state index < -0.39 is 28.5 Å². The minimum absolute atomic E-state index is 0.0471. The van der Waals surface area contributed by atoms with Crippen molar-refractivity contribution < 1.29 is 27.5 Å². The van der Waals surface area contributed by atoms with E-state index in [1.165, 1.54) is 11.0 Å². The lowest BCUT2D eigenvalue weighted by molar-refractivity contribution is -0.139. The van der Waals surface area contributed by atoms with Gasteiger partial charge in [-0.1, -0.05) is 43.2 Å². The summed E-state index contributed by atoms with van der Waals surface area (Å²) >= 11 is 0. The molecule has 0 radical (unpaired) electrons. The van der Waals surface area contributed by atoms with Crippen molar-refractivity contribution in [2.45, 2.75) is 46.2 Å². The molecule has 3 rings (SSSR count). The second-order valence-corrected chi connectivity index (χ2v) is 10.5. The first kappa shape index (κ1) is 26.3. The molecule has 1 heterocycles. The second-order valence-electron chi connectivity index (χ2n) is 8.64. The van der Waals surface area contributed by atoms with Crippen LogP contribution in [0.3, 0.4) is 0 Å². The number of ether oxygens (including phenoxy) is 2. The zero-order valence-electron chi connectivity index (χ0n) is 20.6. The summed E-state index contributed by atoms with van der Waals surface area (Å²) in [6.07, 6.45) is 2.80. The number of carbonyl (C=O) groups excluding carboxylic acids is 2. The number of carbonyl (C=O) groups is 2. The minimum atomic E-state index is -3.82. The number of unbranched alkanes of at least 4 members (excludes halogenated alkanes) is 1. The number of nitrogens with zero attached hydrogens (tertiary/aromatic N) is 2. The first-order chi connectivity index (χ1) is 16.6. The molecule has 10 heteroatoms. The van der Waals surface area contributed by atoms with Gasteiger partial charge < -0.3 is 19.7 Å². The van der Waals surface area contributed by atoms with Gasteiger partial charge in [0, 0.05) is 19.2 Å². The molecule has 0 unspecified atom stereocenters. The molecule has 0 saturated heterocycles. The first-order valence-corrected chi connectivity index (χ1v) is 13.4. The summed E-state index contributed by atoms with van der Waals surface area (Å²) in [4.78, 5) is 27.8. The molecule has 2 amide bonds. The van der Waals surface area contributed by atoms with Crippen LogP contribution in [0.5, 0.6) is 11.5 Å². The number of amides is 2. The Morgan fingerprint density at radius 1 is 1.11 bits per heavy atom. The van der Waals surface area contributed by atoms with E-state index in [1.807, 2.05) is 38.1 Å². The van der Waals surface area contributed by atoms with Gasteiger partial charge in [-0.25, -0.2) is 8.42 Å². The zero-order chi connectivity index (χ0) is 25.6. The number of anilines is 1. The highest BCUT2D eigenvalue weighted by Gasteiger charge is 2.30. The van der Waals surface area contributed by atoms with Gasteiger partial charge in [0.25, 0.3) is 0 Å². The Morgan fingerprint density at radius 3 is 2.54 bits per heavy atom. The van der Waals surface area contributed by atoms with E-state index in [9.17, 15) is 18.0 Å². The highest BCUT2D eigenvalue weighted by molar-refractivity contribution is 7.92. The number of sulfonamides is 1. The summed E-state index contributed by atoms with van der Waals surface area (Å²) in [6, 6.07) is 11.6. The van der Waals surface area contributed by atoms with E-state index in [2.05, 4.69) is 5.32 Å². The lowest BCUT2D eigenvalue weighted by atomic mass is 10.1. The van der Waals surface area contributed by atoms with Crippen molar-refractivity contribution in [3.05, 3.63) is 53.6 Å². The summed E-state index contributed by atoms with van der Waals surface area (Å²) in [5.74, 6) is 0.136. The molecule has 2 aromatic rings. The third-order valence-corrected chi connectivity index (χ3v) is 6.90. The molecular weight excluding hydrogens is 470 g/mol. The van der Waals surface area contributed by atoms with Crippen molar-refractivity contribution in [3.63, 3.8) is 0 Å². The summed E-state index contributed by atoms with van der Waals surface area (Å²) < 4.78 is 37.0. The molecule has 2 aromatic carbocycles. The Hall–Kier alpha value is -3.27. The summed E-state index contributed by atoms with van der Waals surface area (Å²) in [5.41, 5.74) is 2.15. The highest BCUT2D eigenvalue weighted by atomic mass is 32.2. The van der Waals surface area contributed by atoms with Crippen LogP contribution in [0.15, 0.2) is 42.5 Å². The highest BCUT2D eigenvalue weighted by Crippen LogP contribution is 2.36. The maximum Gasteiger partial charge on any atom is 0.244 e. The van der Waals surface area contributed by atoms with Crippen LogP contribution in [-0.2, 0) is 26.2 Å². The number of fused-ring (bicyclic) bond motifs is 1.